The van der Waals surface area contributed by atoms with Gasteiger partial charge in [-0.15, -0.1) is 0 Å². The summed E-state index contributed by atoms with van der Waals surface area (Å²) in [5.74, 6) is 5.55. The van der Waals surface area contributed by atoms with E-state index in [0.717, 1.165) is 9.37 Å². The first-order chi connectivity index (χ1) is 8.71. The molecule has 1 aromatic heterocycles. The van der Waals surface area contributed by atoms with Crippen LogP contribution in [0.3, 0.4) is 0 Å². The van der Waals surface area contributed by atoms with Crippen LogP contribution < -0.4 is 16.0 Å². The Bertz CT molecular complexity index is 514. The van der Waals surface area contributed by atoms with Crippen LogP contribution in [0.2, 0.25) is 0 Å². The number of rotatable bonds is 4. The number of aromatic nitrogens is 3. The number of ether oxygens (including phenoxy) is 1. The molecule has 0 saturated carbocycles. The number of hydrazine groups is 1. The summed E-state index contributed by atoms with van der Waals surface area (Å²) in [6.07, 6.45) is 0. The van der Waals surface area contributed by atoms with Gasteiger partial charge in [0.25, 0.3) is 0 Å². The first-order valence-corrected chi connectivity index (χ1v) is 6.52. The van der Waals surface area contributed by atoms with Crippen LogP contribution in [0.5, 0.6) is 6.01 Å². The molecule has 18 heavy (non-hydrogen) atoms. The van der Waals surface area contributed by atoms with Crippen LogP contribution in [0.25, 0.3) is 0 Å². The maximum absolute atomic E-state index is 5.28. The van der Waals surface area contributed by atoms with Gasteiger partial charge in [0.05, 0.1) is 7.11 Å². The molecular weight excluding hydrogens is 318 g/mol. The van der Waals surface area contributed by atoms with E-state index in [0.29, 0.717) is 5.16 Å². The Labute approximate surface area is 116 Å². The number of anilines is 1. The Morgan fingerprint density at radius 1 is 1.22 bits per heavy atom. The van der Waals surface area contributed by atoms with Crippen molar-refractivity contribution in [1.29, 1.82) is 0 Å². The Kier molecular flexibility index (Phi) is 4.34. The molecule has 3 N–H and O–H groups in total. The van der Waals surface area contributed by atoms with E-state index in [2.05, 4.69) is 36.3 Å². The van der Waals surface area contributed by atoms with Crippen molar-refractivity contribution in [2.45, 2.75) is 10.1 Å². The molecule has 0 aliphatic heterocycles. The number of nitrogen functional groups attached to an aromatic ring is 1. The highest BCUT2D eigenvalue weighted by Gasteiger charge is 2.07. The molecule has 94 valence electrons. The third-order valence-electron chi connectivity index (χ3n) is 1.93. The summed E-state index contributed by atoms with van der Waals surface area (Å²) in [7, 11) is 1.49. The summed E-state index contributed by atoms with van der Waals surface area (Å²) < 4.78 is 5.99. The Morgan fingerprint density at radius 2 is 1.94 bits per heavy atom. The van der Waals surface area contributed by atoms with E-state index in [1.807, 2.05) is 24.3 Å². The number of halogens is 1. The molecule has 8 heteroatoms. The van der Waals surface area contributed by atoms with Crippen molar-refractivity contribution in [3.63, 3.8) is 0 Å². The summed E-state index contributed by atoms with van der Waals surface area (Å²) in [6.45, 7) is 0. The van der Waals surface area contributed by atoms with Gasteiger partial charge < -0.3 is 4.74 Å². The van der Waals surface area contributed by atoms with Crippen LogP contribution in [0, 0.1) is 0 Å². The smallest absolute Gasteiger partial charge is 0.322 e. The second kappa shape index (κ2) is 5.98. The topological polar surface area (TPSA) is 86.0 Å². The van der Waals surface area contributed by atoms with E-state index in [1.54, 1.807) is 0 Å². The summed E-state index contributed by atoms with van der Waals surface area (Å²) in [5, 5.41) is 0.511. The lowest BCUT2D eigenvalue weighted by Gasteiger charge is -2.05. The maximum atomic E-state index is 5.28. The van der Waals surface area contributed by atoms with E-state index in [4.69, 9.17) is 10.6 Å². The van der Waals surface area contributed by atoms with Crippen LogP contribution in [-0.4, -0.2) is 22.1 Å². The van der Waals surface area contributed by atoms with Gasteiger partial charge in [-0.3, -0.25) is 5.43 Å². The fourth-order valence-electron chi connectivity index (χ4n) is 1.15. The number of nitrogens with one attached hydrogen (secondary N) is 1. The zero-order valence-corrected chi connectivity index (χ0v) is 11.8. The van der Waals surface area contributed by atoms with Crippen molar-refractivity contribution >= 4 is 33.6 Å². The summed E-state index contributed by atoms with van der Waals surface area (Å²) in [5.41, 5.74) is 2.37. The average Bonchev–Trinajstić information content (AvgIpc) is 2.41. The van der Waals surface area contributed by atoms with Gasteiger partial charge >= 0.3 is 6.01 Å². The SMILES string of the molecule is COc1nc(NN)nc(Sc2ccc(Br)cc2)n1. The summed E-state index contributed by atoms with van der Waals surface area (Å²) in [6, 6.07) is 8.03. The van der Waals surface area contributed by atoms with Gasteiger partial charge in [-0.25, -0.2) is 5.84 Å². The second-order valence-corrected chi connectivity index (χ2v) is 5.08. The normalized spacial score (nSPS) is 10.2. The highest BCUT2D eigenvalue weighted by Crippen LogP contribution is 2.27. The molecule has 0 amide bonds. The molecule has 0 radical (unpaired) electrons. The van der Waals surface area contributed by atoms with E-state index in [1.165, 1.54) is 18.9 Å². The molecule has 0 bridgehead atoms. The van der Waals surface area contributed by atoms with Gasteiger partial charge in [0.1, 0.15) is 0 Å². The lowest BCUT2D eigenvalue weighted by atomic mass is 10.4. The summed E-state index contributed by atoms with van der Waals surface area (Å²) >= 11 is 4.78. The number of nitrogens with zero attached hydrogens (tertiary/aromatic N) is 3. The first-order valence-electron chi connectivity index (χ1n) is 4.91. The molecule has 2 rings (SSSR count). The Balaban J connectivity index is 2.25. The molecule has 0 unspecified atom stereocenters. The third kappa shape index (κ3) is 3.31. The molecule has 1 aromatic carbocycles. The molecule has 1 heterocycles. The minimum Gasteiger partial charge on any atom is -0.467 e. The molecule has 0 spiro atoms. The lowest BCUT2D eigenvalue weighted by Crippen LogP contribution is -2.12. The quantitative estimate of drug-likeness (QED) is 0.656. The van der Waals surface area contributed by atoms with Crippen molar-refractivity contribution in [2.24, 2.45) is 5.84 Å². The fourth-order valence-corrected chi connectivity index (χ4v) is 2.15. The van der Waals surface area contributed by atoms with Crippen LogP contribution >= 0.6 is 27.7 Å². The molecule has 0 atom stereocenters. The van der Waals surface area contributed by atoms with Crippen LogP contribution in [0.1, 0.15) is 0 Å². The molecular formula is C10H10BrN5OS. The lowest BCUT2D eigenvalue weighted by molar-refractivity contribution is 0.373. The molecule has 0 aliphatic carbocycles. The van der Waals surface area contributed by atoms with E-state index < -0.39 is 0 Å². The average molecular weight is 328 g/mol. The number of hydrogen-bond acceptors (Lipinski definition) is 7. The van der Waals surface area contributed by atoms with Crippen molar-refractivity contribution < 1.29 is 4.74 Å². The Morgan fingerprint density at radius 3 is 2.56 bits per heavy atom. The van der Waals surface area contributed by atoms with Crippen molar-refractivity contribution in [1.82, 2.24) is 15.0 Å². The Hall–Kier alpha value is -1.38. The van der Waals surface area contributed by atoms with Crippen LogP contribution in [0.15, 0.2) is 38.8 Å². The molecule has 0 saturated heterocycles. The summed E-state index contributed by atoms with van der Waals surface area (Å²) in [4.78, 5) is 13.2. The van der Waals surface area contributed by atoms with Crippen molar-refractivity contribution in [3.8, 4) is 6.01 Å². The van der Waals surface area contributed by atoms with Gasteiger partial charge in [-0.05, 0) is 36.0 Å². The molecule has 6 nitrogen and oxygen atoms in total. The second-order valence-electron chi connectivity index (χ2n) is 3.13. The maximum Gasteiger partial charge on any atom is 0.322 e. The monoisotopic (exact) mass is 327 g/mol. The standard InChI is InChI=1S/C10H10BrN5OS/c1-17-9-13-8(16-12)14-10(15-9)18-7-4-2-6(11)3-5-7/h2-5H,12H2,1H3,(H,13,14,15,16). The van der Waals surface area contributed by atoms with E-state index in [9.17, 15) is 0 Å². The molecule has 2 aromatic rings. The third-order valence-corrected chi connectivity index (χ3v) is 3.33. The largest absolute Gasteiger partial charge is 0.467 e. The van der Waals surface area contributed by atoms with Crippen LogP contribution in [-0.2, 0) is 0 Å². The fraction of sp³-hybridized carbons (Fsp3) is 0.100. The van der Waals surface area contributed by atoms with Crippen molar-refractivity contribution in [2.75, 3.05) is 12.5 Å². The first kappa shape index (κ1) is 13.1. The highest BCUT2D eigenvalue weighted by atomic mass is 79.9. The number of methoxy groups -OCH3 is 1. The minimum atomic E-state index is 0.220. The van der Waals surface area contributed by atoms with Gasteiger partial charge in [-0.2, -0.15) is 15.0 Å². The van der Waals surface area contributed by atoms with E-state index in [-0.39, 0.29) is 12.0 Å². The van der Waals surface area contributed by atoms with E-state index >= 15 is 0 Å². The van der Waals surface area contributed by atoms with Gasteiger partial charge in [0, 0.05) is 9.37 Å². The predicted molar refractivity (Wildman–Crippen MR) is 72.5 cm³/mol. The van der Waals surface area contributed by atoms with Crippen molar-refractivity contribution in [3.05, 3.63) is 28.7 Å². The minimum absolute atomic E-state index is 0.220. The number of hydrogen-bond donors (Lipinski definition) is 2. The molecule has 0 aliphatic rings. The van der Waals surface area contributed by atoms with Gasteiger partial charge in [0.15, 0.2) is 0 Å². The molecule has 0 fully saturated rings. The predicted octanol–water partition coefficient (Wildman–Crippen LogP) is 2.08. The number of nitrogens with two attached hydrogens (primary N) is 1. The number of benzene rings is 1. The zero-order valence-electron chi connectivity index (χ0n) is 9.42. The highest BCUT2D eigenvalue weighted by molar-refractivity contribution is 9.10. The van der Waals surface area contributed by atoms with Gasteiger partial charge in [0.2, 0.25) is 11.1 Å². The van der Waals surface area contributed by atoms with Gasteiger partial charge in [-0.1, -0.05) is 15.9 Å². The zero-order chi connectivity index (χ0) is 13.0. The van der Waals surface area contributed by atoms with Crippen LogP contribution in [0.4, 0.5) is 5.95 Å².